The van der Waals surface area contributed by atoms with Gasteiger partial charge in [0.25, 0.3) is 0 Å². The Hall–Kier alpha value is -8.34. The molecule has 0 radical (unpaired) electrons. The van der Waals surface area contributed by atoms with E-state index in [1.165, 1.54) is 54.4 Å². The molecule has 290 valence electrons. The molecule has 13 aromatic rings. The maximum Gasteiger partial charge on any atom is 0.136 e. The van der Waals surface area contributed by atoms with E-state index in [2.05, 4.69) is 238 Å². The average Bonchev–Trinajstić information content (AvgIpc) is 3.99. The smallest absolute Gasteiger partial charge is 0.136 e. The Morgan fingerprint density at radius 1 is 0.323 bits per heavy atom. The molecular formula is C58H37N3O. The second kappa shape index (κ2) is 13.6. The highest BCUT2D eigenvalue weighted by atomic mass is 16.3. The van der Waals surface area contributed by atoms with Crippen LogP contribution in [0.25, 0.3) is 98.8 Å². The fourth-order valence-corrected chi connectivity index (χ4v) is 10.0. The molecular weight excluding hydrogens is 755 g/mol. The number of rotatable bonds is 6. The van der Waals surface area contributed by atoms with E-state index in [4.69, 9.17) is 4.42 Å². The summed E-state index contributed by atoms with van der Waals surface area (Å²) >= 11 is 0. The van der Waals surface area contributed by atoms with Crippen LogP contribution in [0.15, 0.2) is 229 Å². The normalized spacial score (nSPS) is 11.9. The second-order valence-electron chi connectivity index (χ2n) is 16.1. The molecule has 0 aliphatic heterocycles. The number of hydrogen-bond donors (Lipinski definition) is 0. The van der Waals surface area contributed by atoms with Crippen LogP contribution in [-0.2, 0) is 0 Å². The van der Waals surface area contributed by atoms with Gasteiger partial charge in [-0.2, -0.15) is 0 Å². The SMILES string of the molecule is c1cc(N(c2cccc(-n3c4ccccc4c4ccccc43)c2)c2ccccc2-c2cccc3oc4cc5ccccc5cc4c23)cc(-n2c3ccccc3c3ccccc32)c1. The largest absolute Gasteiger partial charge is 0.456 e. The van der Waals surface area contributed by atoms with Crippen LogP contribution in [0.5, 0.6) is 0 Å². The van der Waals surface area contributed by atoms with Crippen molar-refractivity contribution in [3.05, 3.63) is 224 Å². The van der Waals surface area contributed by atoms with Crippen LogP contribution in [-0.4, -0.2) is 9.13 Å². The van der Waals surface area contributed by atoms with E-state index < -0.39 is 0 Å². The Morgan fingerprint density at radius 2 is 0.774 bits per heavy atom. The van der Waals surface area contributed by atoms with Crippen LogP contribution in [0.4, 0.5) is 17.1 Å². The van der Waals surface area contributed by atoms with E-state index in [0.717, 1.165) is 61.5 Å². The van der Waals surface area contributed by atoms with Crippen LogP contribution < -0.4 is 4.90 Å². The van der Waals surface area contributed by atoms with E-state index in [0.29, 0.717) is 0 Å². The molecule has 3 aromatic heterocycles. The van der Waals surface area contributed by atoms with Crippen molar-refractivity contribution in [2.45, 2.75) is 0 Å². The number of furan rings is 1. The highest BCUT2D eigenvalue weighted by Gasteiger charge is 2.23. The summed E-state index contributed by atoms with van der Waals surface area (Å²) in [6, 6.07) is 81.1. The Bertz CT molecular complexity index is 3640. The average molecular weight is 792 g/mol. The van der Waals surface area contributed by atoms with Crippen molar-refractivity contribution in [1.29, 1.82) is 0 Å². The van der Waals surface area contributed by atoms with Crippen LogP contribution >= 0.6 is 0 Å². The predicted molar refractivity (Wildman–Crippen MR) is 260 cm³/mol. The zero-order valence-corrected chi connectivity index (χ0v) is 33.6. The summed E-state index contributed by atoms with van der Waals surface area (Å²) in [5.74, 6) is 0. The topological polar surface area (TPSA) is 26.2 Å². The molecule has 13 rings (SSSR count). The molecule has 0 fully saturated rings. The summed E-state index contributed by atoms with van der Waals surface area (Å²) in [6.07, 6.45) is 0. The molecule has 0 saturated carbocycles. The Morgan fingerprint density at radius 3 is 1.34 bits per heavy atom. The number of fused-ring (bicyclic) bond motifs is 10. The lowest BCUT2D eigenvalue weighted by Crippen LogP contribution is -2.12. The standard InChI is InChI=1S/C58H37N3O/c1-2-17-39-35-57-50(34-38(39)16-1)58-49(27-15-33-56(58)62-57)48-26-7-8-28-51(48)59(40-18-13-20-42(36-40)60-52-29-9-3-22-44(52)45-23-4-10-30-53(45)60)41-19-14-21-43(37-41)61-54-31-11-5-24-46(54)47-25-6-12-32-55(47)61/h1-37H. The molecule has 0 aliphatic rings. The van der Waals surface area contributed by atoms with E-state index in [-0.39, 0.29) is 0 Å². The molecule has 62 heavy (non-hydrogen) atoms. The molecule has 0 N–H and O–H groups in total. The van der Waals surface area contributed by atoms with Gasteiger partial charge in [0, 0.05) is 60.6 Å². The maximum absolute atomic E-state index is 6.63. The molecule has 10 aromatic carbocycles. The third-order valence-corrected chi connectivity index (χ3v) is 12.7. The van der Waals surface area contributed by atoms with Crippen molar-refractivity contribution >= 4 is 93.4 Å². The van der Waals surface area contributed by atoms with E-state index in [9.17, 15) is 0 Å². The van der Waals surface area contributed by atoms with Gasteiger partial charge in [-0.1, -0.05) is 140 Å². The first-order valence-corrected chi connectivity index (χ1v) is 21.2. The molecule has 0 unspecified atom stereocenters. The molecule has 0 atom stereocenters. The summed E-state index contributed by atoms with van der Waals surface area (Å²) in [5, 5.41) is 9.53. The summed E-state index contributed by atoms with van der Waals surface area (Å²) in [6.45, 7) is 0. The zero-order chi connectivity index (χ0) is 40.7. The predicted octanol–water partition coefficient (Wildman–Crippen LogP) is 16.1. The van der Waals surface area contributed by atoms with Gasteiger partial charge >= 0.3 is 0 Å². The molecule has 0 spiro atoms. The minimum absolute atomic E-state index is 0.871. The van der Waals surface area contributed by atoms with Gasteiger partial charge in [-0.25, -0.2) is 0 Å². The molecule has 0 aliphatic carbocycles. The maximum atomic E-state index is 6.63. The lowest BCUT2D eigenvalue weighted by Gasteiger charge is -2.29. The van der Waals surface area contributed by atoms with E-state index in [1.807, 2.05) is 0 Å². The van der Waals surface area contributed by atoms with Gasteiger partial charge in [-0.3, -0.25) is 0 Å². The van der Waals surface area contributed by atoms with Crippen molar-refractivity contribution in [3.63, 3.8) is 0 Å². The molecule has 0 amide bonds. The summed E-state index contributed by atoms with van der Waals surface area (Å²) in [5.41, 5.74) is 14.0. The lowest BCUT2D eigenvalue weighted by molar-refractivity contribution is 0.669. The number of benzene rings is 10. The number of hydrogen-bond acceptors (Lipinski definition) is 2. The fourth-order valence-electron chi connectivity index (χ4n) is 10.0. The first-order chi connectivity index (χ1) is 30.8. The molecule has 4 nitrogen and oxygen atoms in total. The molecule has 3 heterocycles. The van der Waals surface area contributed by atoms with Crippen molar-refractivity contribution in [2.24, 2.45) is 0 Å². The minimum atomic E-state index is 0.871. The zero-order valence-electron chi connectivity index (χ0n) is 33.6. The van der Waals surface area contributed by atoms with Gasteiger partial charge in [0.05, 0.1) is 27.8 Å². The second-order valence-corrected chi connectivity index (χ2v) is 16.1. The fraction of sp³-hybridized carbons (Fsp3) is 0. The third kappa shape index (κ3) is 5.20. The third-order valence-electron chi connectivity index (χ3n) is 12.7. The van der Waals surface area contributed by atoms with Crippen LogP contribution in [0.2, 0.25) is 0 Å². The van der Waals surface area contributed by atoms with Crippen LogP contribution in [0.1, 0.15) is 0 Å². The van der Waals surface area contributed by atoms with Gasteiger partial charge in [0.15, 0.2) is 0 Å². The Balaban J connectivity index is 1.07. The highest BCUT2D eigenvalue weighted by molar-refractivity contribution is 6.17. The Labute approximate surface area is 357 Å². The van der Waals surface area contributed by atoms with Gasteiger partial charge in [0.2, 0.25) is 0 Å². The minimum Gasteiger partial charge on any atom is -0.456 e. The van der Waals surface area contributed by atoms with Gasteiger partial charge in [0.1, 0.15) is 11.2 Å². The monoisotopic (exact) mass is 791 g/mol. The molecule has 4 heteroatoms. The van der Waals surface area contributed by atoms with Crippen LogP contribution in [0, 0.1) is 0 Å². The summed E-state index contributed by atoms with van der Waals surface area (Å²) < 4.78 is 11.4. The molecule has 0 saturated heterocycles. The molecule has 0 bridgehead atoms. The van der Waals surface area contributed by atoms with E-state index >= 15 is 0 Å². The first kappa shape index (κ1) is 34.5. The summed E-state index contributed by atoms with van der Waals surface area (Å²) in [7, 11) is 0. The lowest BCUT2D eigenvalue weighted by atomic mass is 9.96. The van der Waals surface area contributed by atoms with Crippen LogP contribution in [0.3, 0.4) is 0 Å². The van der Waals surface area contributed by atoms with Crippen molar-refractivity contribution in [1.82, 2.24) is 9.13 Å². The number of nitrogens with zero attached hydrogens (tertiary/aromatic N) is 3. The first-order valence-electron chi connectivity index (χ1n) is 21.2. The number of aromatic nitrogens is 2. The Kier molecular flexibility index (Phi) is 7.57. The highest BCUT2D eigenvalue weighted by Crippen LogP contribution is 2.46. The number of para-hydroxylation sites is 5. The quantitative estimate of drug-likeness (QED) is 0.168. The van der Waals surface area contributed by atoms with Gasteiger partial charge < -0.3 is 18.5 Å². The van der Waals surface area contributed by atoms with Crippen molar-refractivity contribution in [2.75, 3.05) is 4.90 Å². The number of anilines is 3. The van der Waals surface area contributed by atoms with Crippen molar-refractivity contribution in [3.8, 4) is 22.5 Å². The van der Waals surface area contributed by atoms with Gasteiger partial charge in [-0.05, 0) is 101 Å². The van der Waals surface area contributed by atoms with Gasteiger partial charge in [-0.15, -0.1) is 0 Å². The summed E-state index contributed by atoms with van der Waals surface area (Å²) in [4.78, 5) is 2.43. The van der Waals surface area contributed by atoms with Crippen molar-refractivity contribution < 1.29 is 4.42 Å². The van der Waals surface area contributed by atoms with E-state index in [1.54, 1.807) is 0 Å².